The Kier molecular flexibility index (Phi) is 5.41. The Bertz CT molecular complexity index is 792. The van der Waals surface area contributed by atoms with E-state index in [1.165, 1.54) is 7.11 Å². The topological polar surface area (TPSA) is 67.9 Å². The number of ether oxygens (including phenoxy) is 2. The van der Waals surface area contributed by atoms with Crippen LogP contribution in [0.25, 0.3) is 0 Å². The lowest BCUT2D eigenvalue weighted by Crippen LogP contribution is -2.31. The molecule has 1 atom stereocenters. The Morgan fingerprint density at radius 3 is 2.62 bits per heavy atom. The lowest BCUT2D eigenvalue weighted by Gasteiger charge is -2.17. The smallest absolute Gasteiger partial charge is 0.255 e. The Morgan fingerprint density at radius 2 is 1.92 bits per heavy atom. The highest BCUT2D eigenvalue weighted by Gasteiger charge is 2.30. The van der Waals surface area contributed by atoms with Crippen LogP contribution in [0.2, 0.25) is 0 Å². The van der Waals surface area contributed by atoms with E-state index in [0.717, 1.165) is 5.69 Å². The minimum absolute atomic E-state index is 0.0795. The van der Waals surface area contributed by atoms with Gasteiger partial charge in [0.2, 0.25) is 5.91 Å². The lowest BCUT2D eigenvalue weighted by molar-refractivity contribution is -0.117. The maximum Gasteiger partial charge on any atom is 0.255 e. The minimum atomic E-state index is -0.227. The number of carbonyl (C=O) groups excluding carboxylic acids is 2. The van der Waals surface area contributed by atoms with E-state index in [0.29, 0.717) is 36.6 Å². The van der Waals surface area contributed by atoms with Gasteiger partial charge in [0.25, 0.3) is 5.91 Å². The van der Waals surface area contributed by atoms with E-state index >= 15 is 0 Å². The molecule has 0 unspecified atom stereocenters. The molecule has 2 amide bonds. The zero-order valence-corrected chi connectivity index (χ0v) is 14.9. The molecule has 0 aromatic heterocycles. The van der Waals surface area contributed by atoms with Gasteiger partial charge < -0.3 is 19.7 Å². The molecule has 2 aromatic rings. The summed E-state index contributed by atoms with van der Waals surface area (Å²) in [5, 5.41) is 2.91. The van der Waals surface area contributed by atoms with Crippen molar-refractivity contribution in [2.75, 3.05) is 32.2 Å². The third-order valence-electron chi connectivity index (χ3n) is 4.48. The summed E-state index contributed by atoms with van der Waals surface area (Å²) >= 11 is 0. The number of methoxy groups -OCH3 is 2. The van der Waals surface area contributed by atoms with Gasteiger partial charge in [-0.1, -0.05) is 18.2 Å². The highest BCUT2D eigenvalue weighted by atomic mass is 16.5. The number of carbonyl (C=O) groups is 2. The average Bonchev–Trinajstić information content (AvgIpc) is 3.06. The number of para-hydroxylation sites is 1. The molecule has 136 valence electrons. The van der Waals surface area contributed by atoms with Crippen molar-refractivity contribution in [1.29, 1.82) is 0 Å². The summed E-state index contributed by atoms with van der Waals surface area (Å²) in [6.45, 7) is 1.03. The molecule has 1 aliphatic heterocycles. The van der Waals surface area contributed by atoms with Crippen LogP contribution in [0.3, 0.4) is 0 Å². The number of nitrogens with zero attached hydrogens (tertiary/aromatic N) is 1. The molecule has 26 heavy (non-hydrogen) atoms. The summed E-state index contributed by atoms with van der Waals surface area (Å²) in [7, 11) is 3.07. The second-order valence-corrected chi connectivity index (χ2v) is 6.19. The Balaban J connectivity index is 1.61. The molecule has 3 rings (SSSR count). The van der Waals surface area contributed by atoms with Crippen molar-refractivity contribution < 1.29 is 19.1 Å². The quantitative estimate of drug-likeness (QED) is 0.865. The largest absolute Gasteiger partial charge is 0.497 e. The molecule has 6 nitrogen and oxygen atoms in total. The van der Waals surface area contributed by atoms with Gasteiger partial charge in [0.1, 0.15) is 11.5 Å². The first kappa shape index (κ1) is 17.8. The van der Waals surface area contributed by atoms with Crippen LogP contribution in [0, 0.1) is 5.92 Å². The van der Waals surface area contributed by atoms with Gasteiger partial charge in [0.15, 0.2) is 0 Å². The number of anilines is 1. The number of hydrogen-bond acceptors (Lipinski definition) is 4. The maximum atomic E-state index is 12.5. The minimum Gasteiger partial charge on any atom is -0.497 e. The standard InChI is InChI=1S/C20H22N2O4/c1-25-16-8-9-17(18(11-16)26-2)20(24)21-12-14-10-19(23)22(13-14)15-6-4-3-5-7-15/h3-9,11,14H,10,12-13H2,1-2H3,(H,21,24)/t14-/m0/s1. The third kappa shape index (κ3) is 3.79. The van der Waals surface area contributed by atoms with Crippen molar-refractivity contribution in [3.63, 3.8) is 0 Å². The second kappa shape index (κ2) is 7.91. The fourth-order valence-electron chi connectivity index (χ4n) is 3.09. The Labute approximate surface area is 152 Å². The summed E-state index contributed by atoms with van der Waals surface area (Å²) in [5.41, 5.74) is 1.33. The maximum absolute atomic E-state index is 12.5. The SMILES string of the molecule is COc1ccc(C(=O)NC[C@@H]2CC(=O)N(c3ccccc3)C2)c(OC)c1. The van der Waals surface area contributed by atoms with E-state index in [9.17, 15) is 9.59 Å². The fraction of sp³-hybridized carbons (Fsp3) is 0.300. The number of hydrogen-bond donors (Lipinski definition) is 1. The van der Waals surface area contributed by atoms with Crippen molar-refractivity contribution >= 4 is 17.5 Å². The van der Waals surface area contributed by atoms with Crippen molar-refractivity contribution in [2.45, 2.75) is 6.42 Å². The van der Waals surface area contributed by atoms with Crippen molar-refractivity contribution in [2.24, 2.45) is 5.92 Å². The van der Waals surface area contributed by atoms with Crippen LogP contribution in [0.4, 0.5) is 5.69 Å². The molecule has 1 heterocycles. The van der Waals surface area contributed by atoms with Crippen molar-refractivity contribution in [3.05, 3.63) is 54.1 Å². The molecule has 0 spiro atoms. The summed E-state index contributed by atoms with van der Waals surface area (Å²) in [4.78, 5) is 26.5. The van der Waals surface area contributed by atoms with Gasteiger partial charge in [-0.05, 0) is 24.3 Å². The van der Waals surface area contributed by atoms with E-state index in [1.807, 2.05) is 30.3 Å². The first-order valence-electron chi connectivity index (χ1n) is 8.48. The van der Waals surface area contributed by atoms with E-state index in [1.54, 1.807) is 30.2 Å². The molecule has 1 saturated heterocycles. The molecular weight excluding hydrogens is 332 g/mol. The number of nitrogens with one attached hydrogen (secondary N) is 1. The molecule has 1 fully saturated rings. The van der Waals surface area contributed by atoms with Crippen LogP contribution < -0.4 is 19.7 Å². The zero-order chi connectivity index (χ0) is 18.5. The normalized spacial score (nSPS) is 16.5. The molecule has 6 heteroatoms. The monoisotopic (exact) mass is 354 g/mol. The van der Waals surface area contributed by atoms with Crippen LogP contribution in [-0.4, -0.2) is 39.1 Å². The number of rotatable bonds is 6. The number of amides is 2. The van der Waals surface area contributed by atoms with Gasteiger partial charge in [-0.25, -0.2) is 0 Å². The molecule has 0 aliphatic carbocycles. The van der Waals surface area contributed by atoms with E-state index in [4.69, 9.17) is 9.47 Å². The highest BCUT2D eigenvalue weighted by Crippen LogP contribution is 2.26. The second-order valence-electron chi connectivity index (χ2n) is 6.19. The summed E-state index contributed by atoms with van der Waals surface area (Å²) in [6, 6.07) is 14.6. The van der Waals surface area contributed by atoms with Crippen LogP contribution in [0.15, 0.2) is 48.5 Å². The van der Waals surface area contributed by atoms with Gasteiger partial charge in [0, 0.05) is 37.2 Å². The lowest BCUT2D eigenvalue weighted by atomic mass is 10.1. The summed E-state index contributed by atoms with van der Waals surface area (Å²) < 4.78 is 10.4. The molecule has 0 bridgehead atoms. The first-order chi connectivity index (χ1) is 12.6. The summed E-state index contributed by atoms with van der Waals surface area (Å²) in [6.07, 6.45) is 0.426. The van der Waals surface area contributed by atoms with Crippen LogP contribution in [0.5, 0.6) is 11.5 Å². The van der Waals surface area contributed by atoms with E-state index in [-0.39, 0.29) is 17.7 Å². The predicted octanol–water partition coefficient (Wildman–Crippen LogP) is 2.49. The van der Waals surface area contributed by atoms with Crippen molar-refractivity contribution in [1.82, 2.24) is 5.32 Å². The highest BCUT2D eigenvalue weighted by molar-refractivity contribution is 5.98. The van der Waals surface area contributed by atoms with Gasteiger partial charge in [0.05, 0.1) is 19.8 Å². The first-order valence-corrected chi connectivity index (χ1v) is 8.48. The van der Waals surface area contributed by atoms with Gasteiger partial charge in [-0.2, -0.15) is 0 Å². The molecule has 2 aromatic carbocycles. The van der Waals surface area contributed by atoms with Crippen molar-refractivity contribution in [3.8, 4) is 11.5 Å². The summed E-state index contributed by atoms with van der Waals surface area (Å²) in [5.74, 6) is 1.01. The average molecular weight is 354 g/mol. The molecule has 1 aliphatic rings. The van der Waals surface area contributed by atoms with Crippen LogP contribution in [-0.2, 0) is 4.79 Å². The van der Waals surface area contributed by atoms with Gasteiger partial charge in [-0.3, -0.25) is 9.59 Å². The molecule has 0 saturated carbocycles. The number of benzene rings is 2. The van der Waals surface area contributed by atoms with E-state index < -0.39 is 0 Å². The van der Waals surface area contributed by atoms with E-state index in [2.05, 4.69) is 5.32 Å². The van der Waals surface area contributed by atoms with Gasteiger partial charge in [-0.15, -0.1) is 0 Å². The molecule has 0 radical (unpaired) electrons. The fourth-order valence-corrected chi connectivity index (χ4v) is 3.09. The predicted molar refractivity (Wildman–Crippen MR) is 98.8 cm³/mol. The van der Waals surface area contributed by atoms with Crippen LogP contribution in [0.1, 0.15) is 16.8 Å². The van der Waals surface area contributed by atoms with Crippen LogP contribution >= 0.6 is 0 Å². The molecular formula is C20H22N2O4. The Hall–Kier alpha value is -3.02. The Morgan fingerprint density at radius 1 is 1.15 bits per heavy atom. The van der Waals surface area contributed by atoms with Gasteiger partial charge >= 0.3 is 0 Å². The molecule has 1 N–H and O–H groups in total. The third-order valence-corrected chi connectivity index (χ3v) is 4.48. The zero-order valence-electron chi connectivity index (χ0n) is 14.9.